The first-order valence-electron chi connectivity index (χ1n) is 14.8. The van der Waals surface area contributed by atoms with Gasteiger partial charge in [-0.1, -0.05) is 67.4 Å². The third-order valence-electron chi connectivity index (χ3n) is 7.29. The minimum atomic E-state index is -4.25. The Bertz CT molecular complexity index is 1680. The van der Waals surface area contributed by atoms with Gasteiger partial charge < -0.3 is 15.0 Å². The zero-order chi connectivity index (χ0) is 32.4. The molecule has 4 aromatic rings. The number of anilines is 1. The molecule has 0 saturated carbocycles. The summed E-state index contributed by atoms with van der Waals surface area (Å²) < 4.78 is 49.7. The number of sulfonamides is 1. The first kappa shape index (κ1) is 33.2. The van der Waals surface area contributed by atoms with Crippen molar-refractivity contribution in [3.05, 3.63) is 120 Å². The van der Waals surface area contributed by atoms with Crippen LogP contribution in [0.1, 0.15) is 37.8 Å². The van der Waals surface area contributed by atoms with E-state index in [0.29, 0.717) is 18.0 Å². The normalized spacial score (nSPS) is 11.8. The Hall–Kier alpha value is -4.70. The predicted molar refractivity (Wildman–Crippen MR) is 173 cm³/mol. The summed E-state index contributed by atoms with van der Waals surface area (Å²) in [6.45, 7) is 4.96. The molecule has 0 radical (unpaired) electrons. The van der Waals surface area contributed by atoms with E-state index < -0.39 is 40.2 Å². The number of benzene rings is 4. The highest BCUT2D eigenvalue weighted by Gasteiger charge is 2.33. The Labute approximate surface area is 264 Å². The van der Waals surface area contributed by atoms with Crippen molar-refractivity contribution in [3.63, 3.8) is 0 Å². The van der Waals surface area contributed by atoms with Gasteiger partial charge in [-0.05, 0) is 74.9 Å². The fourth-order valence-corrected chi connectivity index (χ4v) is 6.01. The van der Waals surface area contributed by atoms with Gasteiger partial charge in [0, 0.05) is 18.7 Å². The number of hydrogen-bond donors (Lipinski definition) is 1. The minimum Gasteiger partial charge on any atom is -0.457 e. The highest BCUT2D eigenvalue weighted by molar-refractivity contribution is 7.92. The van der Waals surface area contributed by atoms with Crippen LogP contribution in [0.25, 0.3) is 0 Å². The van der Waals surface area contributed by atoms with Crippen molar-refractivity contribution in [2.45, 2.75) is 51.1 Å². The number of unbranched alkanes of at least 4 members (excludes halogenated alkanes) is 1. The summed E-state index contributed by atoms with van der Waals surface area (Å²) >= 11 is 0. The second-order valence-electron chi connectivity index (χ2n) is 10.7. The lowest BCUT2D eigenvalue weighted by atomic mass is 10.1. The van der Waals surface area contributed by atoms with E-state index in [1.165, 1.54) is 35.2 Å². The van der Waals surface area contributed by atoms with Crippen molar-refractivity contribution < 1.29 is 27.1 Å². The predicted octanol–water partition coefficient (Wildman–Crippen LogP) is 6.46. The van der Waals surface area contributed by atoms with Gasteiger partial charge in [0.15, 0.2) is 0 Å². The molecule has 10 heteroatoms. The molecule has 0 fully saturated rings. The van der Waals surface area contributed by atoms with Crippen LogP contribution in [0.2, 0.25) is 0 Å². The van der Waals surface area contributed by atoms with Gasteiger partial charge in [-0.25, -0.2) is 12.8 Å². The minimum absolute atomic E-state index is 0.00322. The van der Waals surface area contributed by atoms with E-state index in [1.807, 2.05) is 32.0 Å². The summed E-state index contributed by atoms with van der Waals surface area (Å²) in [4.78, 5) is 28.3. The van der Waals surface area contributed by atoms with Crippen LogP contribution in [0.3, 0.4) is 0 Å². The topological polar surface area (TPSA) is 96.0 Å². The van der Waals surface area contributed by atoms with Crippen molar-refractivity contribution >= 4 is 27.5 Å². The molecule has 0 spiro atoms. The van der Waals surface area contributed by atoms with E-state index in [9.17, 15) is 22.4 Å². The van der Waals surface area contributed by atoms with E-state index in [4.69, 9.17) is 4.74 Å². The zero-order valence-corrected chi connectivity index (χ0v) is 26.5. The molecule has 4 aromatic carbocycles. The molecule has 0 saturated heterocycles. The lowest BCUT2D eigenvalue weighted by molar-refractivity contribution is -0.139. The monoisotopic (exact) mass is 631 g/mol. The number of para-hydroxylation sites is 1. The summed E-state index contributed by atoms with van der Waals surface area (Å²) in [5.74, 6) is -0.533. The van der Waals surface area contributed by atoms with Crippen LogP contribution in [0, 0.1) is 12.7 Å². The standard InChI is InChI=1S/C35H38FN3O5S/c1-4-5-23-37-35(41)27(3)38(24-28-11-9-10-14-33(28)36)34(40)25-39(45(42,43)32-21-15-26(2)16-22-32)29-17-19-31(20-18-29)44-30-12-7-6-8-13-30/h6-22,27H,4-5,23-25H2,1-3H3,(H,37,41)/t27-/m0/s1. The number of aryl methyl sites for hydroxylation is 1. The molecule has 0 aromatic heterocycles. The van der Waals surface area contributed by atoms with Crippen LogP contribution in [0.4, 0.5) is 10.1 Å². The number of ether oxygens (including phenoxy) is 1. The summed E-state index contributed by atoms with van der Waals surface area (Å²) in [5.41, 5.74) is 1.29. The van der Waals surface area contributed by atoms with Gasteiger partial charge in [0.2, 0.25) is 11.8 Å². The first-order chi connectivity index (χ1) is 21.6. The lowest BCUT2D eigenvalue weighted by Gasteiger charge is -2.32. The molecule has 0 aliphatic carbocycles. The van der Waals surface area contributed by atoms with Crippen LogP contribution in [-0.4, -0.2) is 44.3 Å². The Balaban J connectivity index is 1.69. The van der Waals surface area contributed by atoms with Crippen molar-refractivity contribution in [2.24, 2.45) is 0 Å². The van der Waals surface area contributed by atoms with E-state index in [-0.39, 0.29) is 22.7 Å². The lowest BCUT2D eigenvalue weighted by Crippen LogP contribution is -2.51. The maximum absolute atomic E-state index is 14.7. The van der Waals surface area contributed by atoms with Crippen LogP contribution in [-0.2, 0) is 26.2 Å². The number of hydrogen-bond acceptors (Lipinski definition) is 5. The van der Waals surface area contributed by atoms with Gasteiger partial charge in [0.05, 0.1) is 10.6 Å². The summed E-state index contributed by atoms with van der Waals surface area (Å²) in [5, 5.41) is 2.82. The van der Waals surface area contributed by atoms with Gasteiger partial charge >= 0.3 is 0 Å². The fraction of sp³-hybridized carbons (Fsp3) is 0.257. The largest absolute Gasteiger partial charge is 0.457 e. The Kier molecular flexibility index (Phi) is 11.3. The average Bonchev–Trinajstić information content (AvgIpc) is 3.04. The molecular weight excluding hydrogens is 593 g/mol. The van der Waals surface area contributed by atoms with Crippen LogP contribution in [0.15, 0.2) is 108 Å². The number of carbonyl (C=O) groups is 2. The van der Waals surface area contributed by atoms with Gasteiger partial charge in [-0.15, -0.1) is 0 Å². The molecular formula is C35H38FN3O5S. The number of halogens is 1. The van der Waals surface area contributed by atoms with Gasteiger partial charge in [-0.2, -0.15) is 0 Å². The Morgan fingerprint density at radius 2 is 1.49 bits per heavy atom. The third kappa shape index (κ3) is 8.69. The maximum Gasteiger partial charge on any atom is 0.264 e. The van der Waals surface area contributed by atoms with Crippen LogP contribution >= 0.6 is 0 Å². The van der Waals surface area contributed by atoms with E-state index in [0.717, 1.165) is 22.7 Å². The molecule has 2 amide bonds. The molecule has 1 N–H and O–H groups in total. The highest BCUT2D eigenvalue weighted by atomic mass is 32.2. The first-order valence-corrected chi connectivity index (χ1v) is 16.3. The van der Waals surface area contributed by atoms with Gasteiger partial charge in [0.25, 0.3) is 10.0 Å². The van der Waals surface area contributed by atoms with Crippen LogP contribution in [0.5, 0.6) is 11.5 Å². The van der Waals surface area contributed by atoms with Gasteiger partial charge in [0.1, 0.15) is 29.9 Å². The molecule has 0 bridgehead atoms. The van der Waals surface area contributed by atoms with Crippen LogP contribution < -0.4 is 14.4 Å². The molecule has 0 aliphatic rings. The molecule has 1 atom stereocenters. The van der Waals surface area contributed by atoms with Gasteiger partial charge in [-0.3, -0.25) is 13.9 Å². The summed E-state index contributed by atoms with van der Waals surface area (Å²) in [6, 6.07) is 26.8. The quantitative estimate of drug-likeness (QED) is 0.161. The SMILES string of the molecule is CCCCNC(=O)[C@H](C)N(Cc1ccccc1F)C(=O)CN(c1ccc(Oc2ccccc2)cc1)S(=O)(=O)c1ccc(C)cc1. The van der Waals surface area contributed by atoms with Crippen molar-refractivity contribution in [1.82, 2.24) is 10.2 Å². The second-order valence-corrected chi connectivity index (χ2v) is 12.5. The molecule has 0 aliphatic heterocycles. The van der Waals surface area contributed by atoms with Crippen molar-refractivity contribution in [2.75, 3.05) is 17.4 Å². The number of carbonyl (C=O) groups excluding carboxylic acids is 2. The number of nitrogens with zero attached hydrogens (tertiary/aromatic N) is 2. The van der Waals surface area contributed by atoms with Crippen molar-refractivity contribution in [3.8, 4) is 11.5 Å². The van der Waals surface area contributed by atoms with E-state index in [2.05, 4.69) is 5.32 Å². The number of amides is 2. The summed E-state index contributed by atoms with van der Waals surface area (Å²) in [6.07, 6.45) is 1.62. The Morgan fingerprint density at radius 1 is 0.867 bits per heavy atom. The number of rotatable bonds is 14. The average molecular weight is 632 g/mol. The van der Waals surface area contributed by atoms with E-state index in [1.54, 1.807) is 61.5 Å². The zero-order valence-electron chi connectivity index (χ0n) is 25.6. The molecule has 8 nitrogen and oxygen atoms in total. The highest BCUT2D eigenvalue weighted by Crippen LogP contribution is 2.29. The van der Waals surface area contributed by atoms with E-state index >= 15 is 0 Å². The number of nitrogens with one attached hydrogen (secondary N) is 1. The second kappa shape index (κ2) is 15.3. The smallest absolute Gasteiger partial charge is 0.264 e. The molecule has 45 heavy (non-hydrogen) atoms. The maximum atomic E-state index is 14.7. The fourth-order valence-electron chi connectivity index (χ4n) is 4.60. The molecule has 236 valence electrons. The molecule has 0 heterocycles. The molecule has 0 unspecified atom stereocenters. The Morgan fingerprint density at radius 3 is 2.13 bits per heavy atom. The third-order valence-corrected chi connectivity index (χ3v) is 9.07. The molecule has 4 rings (SSSR count). The van der Waals surface area contributed by atoms with Crippen molar-refractivity contribution in [1.29, 1.82) is 0 Å². The summed E-state index contributed by atoms with van der Waals surface area (Å²) in [7, 11) is -4.25.